The molecule has 156 valence electrons. The highest BCUT2D eigenvalue weighted by molar-refractivity contribution is 7.93. The number of aromatic nitrogens is 1. The van der Waals surface area contributed by atoms with Crippen LogP contribution in [0.25, 0.3) is 0 Å². The number of hydrogen-bond donors (Lipinski definition) is 1. The van der Waals surface area contributed by atoms with Gasteiger partial charge in [0, 0.05) is 23.4 Å². The predicted octanol–water partition coefficient (Wildman–Crippen LogP) is 3.46. The molecule has 0 radical (unpaired) electrons. The Balaban J connectivity index is 1.55. The summed E-state index contributed by atoms with van der Waals surface area (Å²) < 4.78 is 33.6. The largest absolute Gasteiger partial charge is 0.495 e. The number of ether oxygens (including phenoxy) is 1. The molecule has 1 aliphatic heterocycles. The summed E-state index contributed by atoms with van der Waals surface area (Å²) in [5.41, 5.74) is 2.27. The summed E-state index contributed by atoms with van der Waals surface area (Å²) in [6, 6.07) is 14.1. The molecule has 1 aromatic heterocycles. The van der Waals surface area contributed by atoms with Crippen LogP contribution in [0, 0.1) is 6.92 Å². The molecule has 1 amide bonds. The van der Waals surface area contributed by atoms with E-state index in [1.807, 2.05) is 25.1 Å². The molecule has 1 N–H and O–H groups in total. The zero-order chi connectivity index (χ0) is 21.3. The number of anilines is 1. The first kappa shape index (κ1) is 20.4. The molecule has 4 rings (SSSR count). The summed E-state index contributed by atoms with van der Waals surface area (Å²) in [5.74, 6) is 0.232. The van der Waals surface area contributed by atoms with Gasteiger partial charge in [0.1, 0.15) is 10.6 Å². The maximum atomic E-state index is 12.9. The maximum absolute atomic E-state index is 12.9. The third-order valence-electron chi connectivity index (χ3n) is 4.87. The number of hydrogen-bond acceptors (Lipinski definition) is 6. The van der Waals surface area contributed by atoms with E-state index in [9.17, 15) is 13.2 Å². The smallest absolute Gasteiger partial charge is 0.267 e. The van der Waals surface area contributed by atoms with Crippen molar-refractivity contribution in [1.82, 2.24) is 9.88 Å². The second kappa shape index (κ2) is 8.08. The van der Waals surface area contributed by atoms with Crippen LogP contribution in [0.4, 0.5) is 5.13 Å². The van der Waals surface area contributed by atoms with Crippen LogP contribution in [-0.4, -0.2) is 37.9 Å². The molecule has 0 atom stereocenters. The molecule has 0 unspecified atom stereocenters. The number of carbonyl (C=O) groups is 1. The first-order valence-electron chi connectivity index (χ1n) is 9.38. The van der Waals surface area contributed by atoms with Crippen molar-refractivity contribution < 1.29 is 17.9 Å². The summed E-state index contributed by atoms with van der Waals surface area (Å²) in [4.78, 5) is 19.9. The van der Waals surface area contributed by atoms with Crippen molar-refractivity contribution in [3.05, 3.63) is 70.2 Å². The van der Waals surface area contributed by atoms with Gasteiger partial charge in [0.15, 0.2) is 5.13 Å². The van der Waals surface area contributed by atoms with Crippen molar-refractivity contribution in [3.63, 3.8) is 0 Å². The molecule has 0 bridgehead atoms. The van der Waals surface area contributed by atoms with Crippen LogP contribution in [0.2, 0.25) is 0 Å². The zero-order valence-corrected chi connectivity index (χ0v) is 18.2. The molecule has 2 aromatic carbocycles. The van der Waals surface area contributed by atoms with E-state index in [0.29, 0.717) is 25.1 Å². The fourth-order valence-electron chi connectivity index (χ4n) is 3.34. The van der Waals surface area contributed by atoms with Gasteiger partial charge in [-0.15, -0.1) is 0 Å². The third kappa shape index (κ3) is 4.03. The van der Waals surface area contributed by atoms with Gasteiger partial charge in [0.2, 0.25) is 0 Å². The highest BCUT2D eigenvalue weighted by Crippen LogP contribution is 2.32. The summed E-state index contributed by atoms with van der Waals surface area (Å²) in [6.07, 6.45) is 0.583. The molecular weight excluding hydrogens is 422 g/mol. The Morgan fingerprint density at radius 2 is 1.97 bits per heavy atom. The lowest BCUT2D eigenvalue weighted by Crippen LogP contribution is -2.35. The van der Waals surface area contributed by atoms with Crippen molar-refractivity contribution in [3.8, 4) is 5.75 Å². The van der Waals surface area contributed by atoms with Gasteiger partial charge < -0.3 is 9.64 Å². The van der Waals surface area contributed by atoms with E-state index in [1.54, 1.807) is 35.2 Å². The van der Waals surface area contributed by atoms with Crippen molar-refractivity contribution in [1.29, 1.82) is 0 Å². The highest BCUT2D eigenvalue weighted by Gasteiger charge is 2.27. The minimum Gasteiger partial charge on any atom is -0.495 e. The molecular formula is C21H21N3O4S2. The average molecular weight is 444 g/mol. The summed E-state index contributed by atoms with van der Waals surface area (Å²) >= 11 is 1.25. The topological polar surface area (TPSA) is 88.6 Å². The van der Waals surface area contributed by atoms with E-state index < -0.39 is 10.0 Å². The van der Waals surface area contributed by atoms with Gasteiger partial charge in [-0.25, -0.2) is 13.4 Å². The number of benzene rings is 2. The molecule has 9 heteroatoms. The Labute approximate surface area is 179 Å². The lowest BCUT2D eigenvalue weighted by molar-refractivity contribution is 0.0736. The number of nitrogens with zero attached hydrogens (tertiary/aromatic N) is 2. The number of carbonyl (C=O) groups excluding carboxylic acids is 1. The van der Waals surface area contributed by atoms with Gasteiger partial charge in [0.25, 0.3) is 15.9 Å². The fourth-order valence-corrected chi connectivity index (χ4v) is 5.85. The van der Waals surface area contributed by atoms with E-state index >= 15 is 0 Å². The van der Waals surface area contributed by atoms with E-state index in [0.717, 1.165) is 16.1 Å². The monoisotopic (exact) mass is 443 g/mol. The minimum absolute atomic E-state index is 0.0405. The van der Waals surface area contributed by atoms with Gasteiger partial charge in [-0.3, -0.25) is 9.52 Å². The number of sulfonamides is 1. The van der Waals surface area contributed by atoms with E-state index in [2.05, 4.69) is 9.71 Å². The van der Waals surface area contributed by atoms with Gasteiger partial charge >= 0.3 is 0 Å². The molecule has 3 aromatic rings. The Hall–Kier alpha value is -2.91. The van der Waals surface area contributed by atoms with Crippen LogP contribution in [-0.2, 0) is 23.0 Å². The number of rotatable bonds is 5. The molecule has 0 saturated heterocycles. The van der Waals surface area contributed by atoms with Crippen molar-refractivity contribution in [2.45, 2.75) is 24.8 Å². The van der Waals surface area contributed by atoms with Gasteiger partial charge in [-0.05, 0) is 36.8 Å². The van der Waals surface area contributed by atoms with E-state index in [-0.39, 0.29) is 21.7 Å². The van der Waals surface area contributed by atoms with E-state index in [4.69, 9.17) is 4.74 Å². The van der Waals surface area contributed by atoms with E-state index in [1.165, 1.54) is 18.4 Å². The number of fused-ring (bicyclic) bond motifs is 1. The lowest BCUT2D eigenvalue weighted by Gasteiger charge is -2.26. The number of methoxy groups -OCH3 is 1. The maximum Gasteiger partial charge on any atom is 0.267 e. The van der Waals surface area contributed by atoms with Crippen LogP contribution in [0.15, 0.2) is 53.4 Å². The summed E-state index contributed by atoms with van der Waals surface area (Å²) in [6.45, 7) is 2.78. The first-order valence-corrected chi connectivity index (χ1v) is 11.7. The molecule has 0 fully saturated rings. The standard InChI is InChI=1S/C21H21N3O4S2/c1-14-8-9-17(28-2)19(12-14)30(26,27)23-21-22-16-10-11-24(13-18(16)29-21)20(25)15-6-4-3-5-7-15/h3-9,12H,10-11,13H2,1-2H3,(H,22,23). The molecule has 7 nitrogen and oxygen atoms in total. The van der Waals surface area contributed by atoms with Crippen molar-refractivity contribution in [2.24, 2.45) is 0 Å². The van der Waals surface area contributed by atoms with Crippen LogP contribution >= 0.6 is 11.3 Å². The van der Waals surface area contributed by atoms with Crippen molar-refractivity contribution >= 4 is 32.4 Å². The Morgan fingerprint density at radius 1 is 1.20 bits per heavy atom. The van der Waals surface area contributed by atoms with Crippen molar-refractivity contribution in [2.75, 3.05) is 18.4 Å². The minimum atomic E-state index is -3.86. The Kier molecular flexibility index (Phi) is 5.48. The average Bonchev–Trinajstić information content (AvgIpc) is 3.14. The zero-order valence-electron chi connectivity index (χ0n) is 16.6. The fraction of sp³-hybridized carbons (Fsp3) is 0.238. The number of nitrogens with one attached hydrogen (secondary N) is 1. The van der Waals surface area contributed by atoms with Gasteiger partial charge in [-0.1, -0.05) is 35.6 Å². The summed E-state index contributed by atoms with van der Waals surface area (Å²) in [5, 5.41) is 0.289. The third-order valence-corrected chi connectivity index (χ3v) is 7.36. The Morgan fingerprint density at radius 3 is 2.70 bits per heavy atom. The highest BCUT2D eigenvalue weighted by atomic mass is 32.2. The second-order valence-corrected chi connectivity index (χ2v) is 9.73. The first-order chi connectivity index (χ1) is 14.4. The van der Waals surface area contributed by atoms with Crippen LogP contribution < -0.4 is 9.46 Å². The summed E-state index contributed by atoms with van der Waals surface area (Å²) in [7, 11) is -2.42. The molecule has 0 saturated carbocycles. The van der Waals surface area contributed by atoms with Crippen LogP contribution in [0.5, 0.6) is 5.75 Å². The molecule has 0 spiro atoms. The molecule has 2 heterocycles. The number of amides is 1. The normalized spacial score (nSPS) is 13.6. The quantitative estimate of drug-likeness (QED) is 0.652. The number of aryl methyl sites for hydroxylation is 1. The second-order valence-electron chi connectivity index (χ2n) is 6.99. The van der Waals surface area contributed by atoms with Crippen LogP contribution in [0.1, 0.15) is 26.5 Å². The van der Waals surface area contributed by atoms with Crippen LogP contribution in [0.3, 0.4) is 0 Å². The molecule has 30 heavy (non-hydrogen) atoms. The molecule has 0 aliphatic carbocycles. The van der Waals surface area contributed by atoms with Gasteiger partial charge in [0.05, 0.1) is 19.3 Å². The SMILES string of the molecule is COc1ccc(C)cc1S(=O)(=O)Nc1nc2c(s1)CN(C(=O)c1ccccc1)CC2. The number of thiazole rings is 1. The Bertz CT molecular complexity index is 1190. The van der Waals surface area contributed by atoms with Gasteiger partial charge in [-0.2, -0.15) is 0 Å². The molecule has 1 aliphatic rings. The predicted molar refractivity (Wildman–Crippen MR) is 116 cm³/mol. The lowest BCUT2D eigenvalue weighted by atomic mass is 10.1.